The molecule has 0 amide bonds. The SMILES string of the molecule is COc1c(C(C)N)cc(Cl)cc1C(C)(C)C. The van der Waals surface area contributed by atoms with E-state index in [1.165, 1.54) is 0 Å². The smallest absolute Gasteiger partial charge is 0.127 e. The maximum absolute atomic E-state index is 6.12. The fourth-order valence-corrected chi connectivity index (χ4v) is 1.96. The first-order chi connectivity index (χ1) is 7.27. The van der Waals surface area contributed by atoms with E-state index in [0.29, 0.717) is 5.02 Å². The van der Waals surface area contributed by atoms with Crippen LogP contribution < -0.4 is 10.5 Å². The van der Waals surface area contributed by atoms with Gasteiger partial charge in [-0.25, -0.2) is 0 Å². The number of benzene rings is 1. The van der Waals surface area contributed by atoms with Crippen LogP contribution in [-0.2, 0) is 5.41 Å². The van der Waals surface area contributed by atoms with Crippen molar-refractivity contribution in [1.82, 2.24) is 0 Å². The van der Waals surface area contributed by atoms with Gasteiger partial charge in [0.05, 0.1) is 7.11 Å². The van der Waals surface area contributed by atoms with Crippen molar-refractivity contribution < 1.29 is 4.74 Å². The van der Waals surface area contributed by atoms with E-state index in [2.05, 4.69) is 20.8 Å². The van der Waals surface area contributed by atoms with Gasteiger partial charge in [-0.05, 0) is 24.5 Å². The van der Waals surface area contributed by atoms with Crippen molar-refractivity contribution in [3.63, 3.8) is 0 Å². The van der Waals surface area contributed by atoms with Crippen LogP contribution in [-0.4, -0.2) is 7.11 Å². The summed E-state index contributed by atoms with van der Waals surface area (Å²) in [5.41, 5.74) is 7.97. The minimum absolute atomic E-state index is 0.0140. The molecule has 3 heteroatoms. The van der Waals surface area contributed by atoms with Crippen LogP contribution in [0, 0.1) is 0 Å². The van der Waals surface area contributed by atoms with Crippen LogP contribution in [0.2, 0.25) is 5.02 Å². The average Bonchev–Trinajstić information content (AvgIpc) is 2.14. The predicted molar refractivity (Wildman–Crippen MR) is 69.3 cm³/mol. The number of hydrogen-bond acceptors (Lipinski definition) is 2. The molecule has 16 heavy (non-hydrogen) atoms. The summed E-state index contributed by atoms with van der Waals surface area (Å²) < 4.78 is 5.48. The Hall–Kier alpha value is -0.730. The Kier molecular flexibility index (Phi) is 3.87. The monoisotopic (exact) mass is 241 g/mol. The minimum atomic E-state index is -0.0882. The van der Waals surface area contributed by atoms with Crippen molar-refractivity contribution >= 4 is 11.6 Å². The maximum atomic E-state index is 6.12. The second-order valence-corrected chi connectivity index (χ2v) is 5.55. The number of rotatable bonds is 2. The largest absolute Gasteiger partial charge is 0.496 e. The summed E-state index contributed by atoms with van der Waals surface area (Å²) in [6.45, 7) is 8.32. The first-order valence-electron chi connectivity index (χ1n) is 5.41. The van der Waals surface area contributed by atoms with E-state index < -0.39 is 0 Å². The number of hydrogen-bond donors (Lipinski definition) is 1. The third-order valence-corrected chi connectivity index (χ3v) is 2.80. The van der Waals surface area contributed by atoms with Crippen molar-refractivity contribution in [1.29, 1.82) is 0 Å². The second kappa shape index (κ2) is 4.64. The quantitative estimate of drug-likeness (QED) is 0.858. The van der Waals surface area contributed by atoms with Gasteiger partial charge in [-0.15, -0.1) is 0 Å². The third kappa shape index (κ3) is 2.69. The lowest BCUT2D eigenvalue weighted by Crippen LogP contribution is -2.16. The second-order valence-electron chi connectivity index (χ2n) is 5.11. The summed E-state index contributed by atoms with van der Waals surface area (Å²) in [6, 6.07) is 3.74. The topological polar surface area (TPSA) is 35.2 Å². The first kappa shape index (κ1) is 13.3. The van der Waals surface area contributed by atoms with Crippen molar-refractivity contribution in [2.75, 3.05) is 7.11 Å². The fourth-order valence-electron chi connectivity index (χ4n) is 1.74. The fraction of sp³-hybridized carbons (Fsp3) is 0.538. The lowest BCUT2D eigenvalue weighted by atomic mass is 9.84. The van der Waals surface area contributed by atoms with Crippen LogP contribution in [0.4, 0.5) is 0 Å². The van der Waals surface area contributed by atoms with Crippen LogP contribution >= 0.6 is 11.6 Å². The summed E-state index contributed by atoms with van der Waals surface area (Å²) in [5, 5.41) is 0.707. The first-order valence-corrected chi connectivity index (χ1v) is 5.78. The summed E-state index contributed by atoms with van der Waals surface area (Å²) in [4.78, 5) is 0. The van der Waals surface area contributed by atoms with E-state index in [1.807, 2.05) is 19.1 Å². The Labute approximate surface area is 103 Å². The number of ether oxygens (including phenoxy) is 1. The van der Waals surface area contributed by atoms with Crippen LogP contribution in [0.3, 0.4) is 0 Å². The summed E-state index contributed by atoms with van der Waals surface area (Å²) in [7, 11) is 1.67. The molecule has 90 valence electrons. The van der Waals surface area contributed by atoms with Gasteiger partial charge in [-0.1, -0.05) is 32.4 Å². The molecule has 1 rings (SSSR count). The van der Waals surface area contributed by atoms with Gasteiger partial charge in [0, 0.05) is 22.2 Å². The zero-order valence-electron chi connectivity index (χ0n) is 10.6. The van der Waals surface area contributed by atoms with Crippen molar-refractivity contribution in [3.05, 3.63) is 28.3 Å². The van der Waals surface area contributed by atoms with Gasteiger partial charge in [0.25, 0.3) is 0 Å². The highest BCUT2D eigenvalue weighted by molar-refractivity contribution is 6.30. The van der Waals surface area contributed by atoms with Crippen LogP contribution in [0.1, 0.15) is 44.9 Å². The molecule has 0 heterocycles. The van der Waals surface area contributed by atoms with Gasteiger partial charge >= 0.3 is 0 Å². The molecule has 0 saturated heterocycles. The summed E-state index contributed by atoms with van der Waals surface area (Å²) >= 11 is 6.12. The van der Waals surface area contributed by atoms with E-state index in [0.717, 1.165) is 16.9 Å². The Morgan fingerprint density at radius 3 is 2.25 bits per heavy atom. The van der Waals surface area contributed by atoms with E-state index >= 15 is 0 Å². The molecule has 0 spiro atoms. The van der Waals surface area contributed by atoms with Crippen molar-refractivity contribution in [2.45, 2.75) is 39.2 Å². The lowest BCUT2D eigenvalue weighted by molar-refractivity contribution is 0.390. The molecule has 0 saturated carbocycles. The third-order valence-electron chi connectivity index (χ3n) is 2.59. The van der Waals surface area contributed by atoms with Gasteiger partial charge in [0.1, 0.15) is 5.75 Å². The molecule has 2 nitrogen and oxygen atoms in total. The zero-order valence-corrected chi connectivity index (χ0v) is 11.4. The average molecular weight is 242 g/mol. The molecule has 1 aromatic rings. The van der Waals surface area contributed by atoms with Crippen LogP contribution in [0.15, 0.2) is 12.1 Å². The van der Waals surface area contributed by atoms with Crippen molar-refractivity contribution in [3.8, 4) is 5.75 Å². The molecule has 1 atom stereocenters. The molecule has 0 radical (unpaired) electrons. The molecule has 0 aliphatic carbocycles. The van der Waals surface area contributed by atoms with Crippen molar-refractivity contribution in [2.24, 2.45) is 5.73 Å². The van der Waals surface area contributed by atoms with Gasteiger partial charge in [0.2, 0.25) is 0 Å². The Balaban J connectivity index is 3.49. The minimum Gasteiger partial charge on any atom is -0.496 e. The predicted octanol–water partition coefficient (Wildman–Crippen LogP) is 3.67. The molecular weight excluding hydrogens is 222 g/mol. The summed E-state index contributed by atoms with van der Waals surface area (Å²) in [6.07, 6.45) is 0. The number of halogens is 1. The molecule has 0 aliphatic heterocycles. The standard InChI is InChI=1S/C13H20ClNO/c1-8(15)10-6-9(14)7-11(12(10)16-5)13(2,3)4/h6-8H,15H2,1-5H3. The molecule has 0 bridgehead atoms. The molecule has 0 aliphatic rings. The highest BCUT2D eigenvalue weighted by Crippen LogP contribution is 2.38. The molecule has 1 aromatic carbocycles. The van der Waals surface area contributed by atoms with E-state index in [1.54, 1.807) is 7.11 Å². The molecule has 0 fully saturated rings. The van der Waals surface area contributed by atoms with Gasteiger partial charge in [0.15, 0.2) is 0 Å². The highest BCUT2D eigenvalue weighted by atomic mass is 35.5. The molecule has 2 N–H and O–H groups in total. The maximum Gasteiger partial charge on any atom is 0.127 e. The zero-order chi connectivity index (χ0) is 12.5. The molecule has 1 unspecified atom stereocenters. The van der Waals surface area contributed by atoms with Crippen LogP contribution in [0.5, 0.6) is 5.75 Å². The van der Waals surface area contributed by atoms with Gasteiger partial charge < -0.3 is 10.5 Å². The molecule has 0 aromatic heterocycles. The normalized spacial score (nSPS) is 13.7. The van der Waals surface area contributed by atoms with Crippen LogP contribution in [0.25, 0.3) is 0 Å². The highest BCUT2D eigenvalue weighted by Gasteiger charge is 2.23. The summed E-state index contributed by atoms with van der Waals surface area (Å²) in [5.74, 6) is 0.854. The number of methoxy groups -OCH3 is 1. The van der Waals surface area contributed by atoms with E-state index in [-0.39, 0.29) is 11.5 Å². The van der Waals surface area contributed by atoms with Gasteiger partial charge in [-0.2, -0.15) is 0 Å². The number of nitrogens with two attached hydrogens (primary N) is 1. The van der Waals surface area contributed by atoms with Gasteiger partial charge in [-0.3, -0.25) is 0 Å². The van der Waals surface area contributed by atoms with E-state index in [4.69, 9.17) is 22.1 Å². The lowest BCUT2D eigenvalue weighted by Gasteiger charge is -2.25. The Morgan fingerprint density at radius 2 is 1.88 bits per heavy atom. The molecular formula is C13H20ClNO. The van der Waals surface area contributed by atoms with E-state index in [9.17, 15) is 0 Å². The Morgan fingerprint density at radius 1 is 1.31 bits per heavy atom. The Bertz CT molecular complexity index is 380.